The van der Waals surface area contributed by atoms with Gasteiger partial charge in [-0.3, -0.25) is 9.39 Å². The summed E-state index contributed by atoms with van der Waals surface area (Å²) in [4.78, 5) is 8.74. The van der Waals surface area contributed by atoms with Crippen LogP contribution in [0.3, 0.4) is 0 Å². The fourth-order valence-corrected chi connectivity index (χ4v) is 3.09. The van der Waals surface area contributed by atoms with E-state index in [2.05, 4.69) is 42.9 Å². The number of hydrogen-bond acceptors (Lipinski definition) is 6. The van der Waals surface area contributed by atoms with Crippen molar-refractivity contribution >= 4 is 35.6 Å². The third-order valence-corrected chi connectivity index (χ3v) is 4.60. The van der Waals surface area contributed by atoms with Crippen LogP contribution in [-0.2, 0) is 19.5 Å². The Morgan fingerprint density at radius 1 is 1.10 bits per heavy atom. The van der Waals surface area contributed by atoms with E-state index < -0.39 is 0 Å². The second-order valence-electron chi connectivity index (χ2n) is 6.79. The van der Waals surface area contributed by atoms with Crippen molar-refractivity contribution in [3.05, 3.63) is 65.9 Å². The predicted molar refractivity (Wildman–Crippen MR) is 129 cm³/mol. The van der Waals surface area contributed by atoms with Crippen LogP contribution in [0.1, 0.15) is 30.6 Å². The number of hydrogen-bond donors (Lipinski definition) is 2. The van der Waals surface area contributed by atoms with Gasteiger partial charge in [-0.05, 0) is 36.2 Å². The van der Waals surface area contributed by atoms with Gasteiger partial charge in [0.2, 0.25) is 0 Å². The van der Waals surface area contributed by atoms with Crippen molar-refractivity contribution in [2.24, 2.45) is 4.99 Å². The van der Waals surface area contributed by atoms with Crippen molar-refractivity contribution < 1.29 is 4.52 Å². The highest BCUT2D eigenvalue weighted by Crippen LogP contribution is 2.19. The highest BCUT2D eigenvalue weighted by Gasteiger charge is 2.09. The zero-order chi connectivity index (χ0) is 20.8. The van der Waals surface area contributed by atoms with Crippen molar-refractivity contribution in [2.75, 3.05) is 7.05 Å². The molecule has 162 valence electrons. The van der Waals surface area contributed by atoms with Gasteiger partial charge in [-0.2, -0.15) is 4.98 Å². The summed E-state index contributed by atoms with van der Waals surface area (Å²) >= 11 is 0. The SMILES string of the molecule is CCCc1noc(-c2cccc(CNC(=NC)NCc3nnc4ccccn34)c2)n1.I. The van der Waals surface area contributed by atoms with E-state index in [-0.39, 0.29) is 24.0 Å². The van der Waals surface area contributed by atoms with Crippen molar-refractivity contribution in [2.45, 2.75) is 32.9 Å². The first kappa shape index (κ1) is 22.7. The maximum absolute atomic E-state index is 5.39. The number of fused-ring (bicyclic) bond motifs is 1. The van der Waals surface area contributed by atoms with Gasteiger partial charge >= 0.3 is 0 Å². The number of benzene rings is 1. The van der Waals surface area contributed by atoms with Crippen molar-refractivity contribution in [3.63, 3.8) is 0 Å². The summed E-state index contributed by atoms with van der Waals surface area (Å²) in [5.41, 5.74) is 2.80. The molecular weight excluding hydrogens is 507 g/mol. The van der Waals surface area contributed by atoms with E-state index >= 15 is 0 Å². The summed E-state index contributed by atoms with van der Waals surface area (Å²) in [5.74, 6) is 2.77. The fraction of sp³-hybridized carbons (Fsp3) is 0.286. The summed E-state index contributed by atoms with van der Waals surface area (Å²) in [6.07, 6.45) is 3.74. The van der Waals surface area contributed by atoms with Crippen LogP contribution in [0.2, 0.25) is 0 Å². The first-order chi connectivity index (χ1) is 14.8. The van der Waals surface area contributed by atoms with Gasteiger partial charge in [-0.1, -0.05) is 30.3 Å². The van der Waals surface area contributed by atoms with Crippen molar-refractivity contribution in [3.8, 4) is 11.5 Å². The number of nitrogens with one attached hydrogen (secondary N) is 2. The molecule has 10 heteroatoms. The molecule has 0 saturated heterocycles. The number of halogens is 1. The highest BCUT2D eigenvalue weighted by molar-refractivity contribution is 14.0. The molecule has 0 atom stereocenters. The first-order valence-electron chi connectivity index (χ1n) is 9.92. The Balaban J connectivity index is 0.00000272. The van der Waals surface area contributed by atoms with E-state index in [0.717, 1.165) is 41.3 Å². The van der Waals surface area contributed by atoms with Crippen LogP contribution in [0, 0.1) is 0 Å². The molecule has 0 fully saturated rings. The molecule has 0 aliphatic heterocycles. The van der Waals surface area contributed by atoms with E-state index in [4.69, 9.17) is 4.52 Å². The predicted octanol–water partition coefficient (Wildman–Crippen LogP) is 3.22. The lowest BCUT2D eigenvalue weighted by Gasteiger charge is -2.11. The zero-order valence-corrected chi connectivity index (χ0v) is 19.8. The normalized spacial score (nSPS) is 11.4. The van der Waals surface area contributed by atoms with Gasteiger partial charge < -0.3 is 15.2 Å². The summed E-state index contributed by atoms with van der Waals surface area (Å²) in [7, 11) is 1.74. The Bertz CT molecular complexity index is 1150. The minimum absolute atomic E-state index is 0. The topological polar surface area (TPSA) is 106 Å². The fourth-order valence-electron chi connectivity index (χ4n) is 3.09. The molecule has 0 amide bonds. The van der Waals surface area contributed by atoms with Crippen LogP contribution in [0.25, 0.3) is 17.1 Å². The minimum Gasteiger partial charge on any atom is -0.352 e. The summed E-state index contributed by atoms with van der Waals surface area (Å²) in [6, 6.07) is 13.8. The Morgan fingerprint density at radius 3 is 2.81 bits per heavy atom. The molecule has 0 spiro atoms. The molecular formula is C21H25IN8O. The molecule has 0 saturated carbocycles. The molecule has 31 heavy (non-hydrogen) atoms. The van der Waals surface area contributed by atoms with Crippen LogP contribution in [-0.4, -0.2) is 37.7 Å². The van der Waals surface area contributed by atoms with E-state index in [1.165, 1.54) is 0 Å². The monoisotopic (exact) mass is 532 g/mol. The number of nitrogens with zero attached hydrogens (tertiary/aromatic N) is 6. The van der Waals surface area contributed by atoms with E-state index in [1.54, 1.807) is 7.05 Å². The molecule has 0 aliphatic carbocycles. The number of aryl methyl sites for hydroxylation is 1. The quantitative estimate of drug-likeness (QED) is 0.214. The minimum atomic E-state index is 0. The second-order valence-corrected chi connectivity index (χ2v) is 6.79. The summed E-state index contributed by atoms with van der Waals surface area (Å²) in [5, 5.41) is 19.0. The van der Waals surface area contributed by atoms with Gasteiger partial charge in [0.25, 0.3) is 5.89 Å². The van der Waals surface area contributed by atoms with Gasteiger partial charge in [0.05, 0.1) is 6.54 Å². The van der Waals surface area contributed by atoms with Crippen LogP contribution in [0.4, 0.5) is 0 Å². The number of guanidine groups is 1. The maximum atomic E-state index is 5.39. The first-order valence-corrected chi connectivity index (χ1v) is 9.92. The lowest BCUT2D eigenvalue weighted by atomic mass is 10.1. The molecule has 0 radical (unpaired) electrons. The molecule has 2 N–H and O–H groups in total. The molecule has 3 heterocycles. The molecule has 4 rings (SSSR count). The molecule has 9 nitrogen and oxygen atoms in total. The standard InChI is InChI=1S/C21H24N8O.HI/c1-3-7-17-25-20(30-28-17)16-9-6-8-15(12-16)13-23-21(22-2)24-14-19-27-26-18-10-4-5-11-29(18)19;/h4-6,8-12H,3,7,13-14H2,1-2H3,(H2,22,23,24);1H. The lowest BCUT2D eigenvalue weighted by molar-refractivity contribution is 0.422. The maximum Gasteiger partial charge on any atom is 0.257 e. The van der Waals surface area contributed by atoms with Crippen molar-refractivity contribution in [1.82, 2.24) is 35.4 Å². The Labute approximate surface area is 197 Å². The third-order valence-electron chi connectivity index (χ3n) is 4.60. The number of pyridine rings is 1. The lowest BCUT2D eigenvalue weighted by Crippen LogP contribution is -2.36. The van der Waals surface area contributed by atoms with E-state index in [0.29, 0.717) is 24.9 Å². The van der Waals surface area contributed by atoms with Crippen molar-refractivity contribution in [1.29, 1.82) is 0 Å². The van der Waals surface area contributed by atoms with Gasteiger partial charge in [0.15, 0.2) is 23.3 Å². The number of rotatable bonds is 7. The van der Waals surface area contributed by atoms with Crippen LogP contribution in [0.15, 0.2) is 58.2 Å². The molecule has 0 aliphatic rings. The van der Waals surface area contributed by atoms with Crippen LogP contribution < -0.4 is 10.6 Å². The van der Waals surface area contributed by atoms with Crippen LogP contribution >= 0.6 is 24.0 Å². The number of aliphatic imine (C=N–C) groups is 1. The smallest absolute Gasteiger partial charge is 0.257 e. The average molecular weight is 532 g/mol. The highest BCUT2D eigenvalue weighted by atomic mass is 127. The van der Waals surface area contributed by atoms with Crippen LogP contribution in [0.5, 0.6) is 0 Å². The van der Waals surface area contributed by atoms with E-state index in [9.17, 15) is 0 Å². The number of aromatic nitrogens is 5. The van der Waals surface area contributed by atoms with Gasteiger partial charge in [-0.15, -0.1) is 34.2 Å². The molecule has 0 unspecified atom stereocenters. The summed E-state index contributed by atoms with van der Waals surface area (Å²) in [6.45, 7) is 3.20. The summed E-state index contributed by atoms with van der Waals surface area (Å²) < 4.78 is 7.33. The van der Waals surface area contributed by atoms with E-state index in [1.807, 2.05) is 53.1 Å². The van der Waals surface area contributed by atoms with Gasteiger partial charge in [0, 0.05) is 31.8 Å². The molecule has 1 aromatic carbocycles. The largest absolute Gasteiger partial charge is 0.352 e. The van der Waals surface area contributed by atoms with Gasteiger partial charge in [-0.25, -0.2) is 0 Å². The second kappa shape index (κ2) is 10.8. The Hall–Kier alpha value is -3.02. The third kappa shape index (κ3) is 5.57. The molecule has 4 aromatic rings. The average Bonchev–Trinajstić information content (AvgIpc) is 3.42. The Kier molecular flexibility index (Phi) is 7.93. The Morgan fingerprint density at radius 2 is 1.97 bits per heavy atom. The van der Waals surface area contributed by atoms with Gasteiger partial charge in [0.1, 0.15) is 0 Å². The molecule has 3 aromatic heterocycles. The zero-order valence-electron chi connectivity index (χ0n) is 17.4. The molecule has 0 bridgehead atoms.